The molecular weight excluding hydrogens is 634 g/mol. The Morgan fingerprint density at radius 1 is 0.800 bits per heavy atom. The van der Waals surface area contributed by atoms with Crippen LogP contribution >= 0.6 is 15.9 Å². The molecule has 0 aliphatic carbocycles. The van der Waals surface area contributed by atoms with Gasteiger partial charge >= 0.3 is 12.0 Å². The summed E-state index contributed by atoms with van der Waals surface area (Å²) < 4.78 is 7.97. The molecule has 8 nitrogen and oxygen atoms in total. The van der Waals surface area contributed by atoms with Crippen LogP contribution in [0.25, 0.3) is 34.3 Å². The Balaban J connectivity index is 1.57. The largest absolute Gasteiger partial charge is 0.462 e. The van der Waals surface area contributed by atoms with Crippen molar-refractivity contribution in [2.45, 2.75) is 6.92 Å². The van der Waals surface area contributed by atoms with E-state index in [0.29, 0.717) is 22.5 Å². The van der Waals surface area contributed by atoms with Gasteiger partial charge < -0.3 is 9.30 Å². The summed E-state index contributed by atoms with van der Waals surface area (Å²) in [6.07, 6.45) is 1.52. The lowest BCUT2D eigenvalue weighted by Crippen LogP contribution is -2.54. The van der Waals surface area contributed by atoms with Gasteiger partial charge in [0, 0.05) is 15.7 Å². The van der Waals surface area contributed by atoms with E-state index in [1.165, 1.54) is 6.08 Å². The van der Waals surface area contributed by atoms with Gasteiger partial charge in [-0.25, -0.2) is 14.5 Å². The van der Waals surface area contributed by atoms with E-state index in [1.807, 2.05) is 83.4 Å². The molecule has 1 aliphatic heterocycles. The topological polar surface area (TPSA) is 97.7 Å². The van der Waals surface area contributed by atoms with E-state index in [9.17, 15) is 19.2 Å². The highest BCUT2D eigenvalue weighted by molar-refractivity contribution is 9.10. The van der Waals surface area contributed by atoms with Gasteiger partial charge in [0.15, 0.2) is 0 Å². The van der Waals surface area contributed by atoms with Gasteiger partial charge in [0.1, 0.15) is 5.57 Å². The van der Waals surface area contributed by atoms with Crippen LogP contribution < -0.4 is 10.2 Å². The predicted octanol–water partition coefficient (Wildman–Crippen LogP) is 7.42. The van der Waals surface area contributed by atoms with Crippen molar-refractivity contribution in [1.29, 1.82) is 0 Å². The normalized spacial score (nSPS) is 14.0. The molecule has 45 heavy (non-hydrogen) atoms. The fourth-order valence-corrected chi connectivity index (χ4v) is 5.48. The first kappa shape index (κ1) is 29.5. The van der Waals surface area contributed by atoms with Crippen molar-refractivity contribution in [2.24, 2.45) is 0 Å². The Labute approximate surface area is 267 Å². The molecule has 1 aromatic heterocycles. The van der Waals surface area contributed by atoms with Crippen LogP contribution in [0.3, 0.4) is 0 Å². The molecule has 4 aromatic carbocycles. The smallest absolute Gasteiger partial charge is 0.338 e. The molecule has 1 aliphatic rings. The third-order valence-electron chi connectivity index (χ3n) is 7.27. The Morgan fingerprint density at radius 3 is 2.02 bits per heavy atom. The second kappa shape index (κ2) is 12.6. The SMILES string of the molecule is CCOC(=O)c1ccc(-n2c(-c3ccccc3)cc(/C=C3\C(=O)NC(=O)N(c4ccc(Br)cc4)C3=O)c2-c2ccccc2)cc1. The first-order chi connectivity index (χ1) is 21.9. The molecule has 0 saturated carbocycles. The van der Waals surface area contributed by atoms with E-state index >= 15 is 0 Å². The van der Waals surface area contributed by atoms with Crippen LogP contribution in [-0.4, -0.2) is 35.0 Å². The summed E-state index contributed by atoms with van der Waals surface area (Å²) in [4.78, 5) is 53.1. The molecule has 0 radical (unpaired) electrons. The lowest BCUT2D eigenvalue weighted by atomic mass is 10.0. The summed E-state index contributed by atoms with van der Waals surface area (Å²) in [5.74, 6) is -1.94. The van der Waals surface area contributed by atoms with Gasteiger partial charge in [0.25, 0.3) is 11.8 Å². The summed E-state index contributed by atoms with van der Waals surface area (Å²) in [6.45, 7) is 2.02. The predicted molar refractivity (Wildman–Crippen MR) is 176 cm³/mol. The number of amides is 4. The highest BCUT2D eigenvalue weighted by atomic mass is 79.9. The summed E-state index contributed by atoms with van der Waals surface area (Å²) in [7, 11) is 0. The van der Waals surface area contributed by atoms with E-state index in [2.05, 4.69) is 21.2 Å². The fourth-order valence-electron chi connectivity index (χ4n) is 5.22. The van der Waals surface area contributed by atoms with E-state index in [4.69, 9.17) is 4.74 Å². The van der Waals surface area contributed by atoms with E-state index in [1.54, 1.807) is 43.3 Å². The Bertz CT molecular complexity index is 1950. The zero-order valence-corrected chi connectivity index (χ0v) is 25.7. The lowest BCUT2D eigenvalue weighted by Gasteiger charge is -2.26. The molecule has 1 saturated heterocycles. The summed E-state index contributed by atoms with van der Waals surface area (Å²) in [5, 5.41) is 2.31. The average molecular weight is 661 g/mol. The number of nitrogens with zero attached hydrogens (tertiary/aromatic N) is 2. The molecular formula is C36H26BrN3O5. The van der Waals surface area contributed by atoms with E-state index in [-0.39, 0.29) is 12.2 Å². The van der Waals surface area contributed by atoms with Crippen molar-refractivity contribution in [2.75, 3.05) is 11.5 Å². The highest BCUT2D eigenvalue weighted by Gasteiger charge is 2.37. The molecule has 0 unspecified atom stereocenters. The molecule has 0 bridgehead atoms. The van der Waals surface area contributed by atoms with Gasteiger partial charge in [-0.3, -0.25) is 14.9 Å². The molecule has 222 valence electrons. The monoisotopic (exact) mass is 659 g/mol. The van der Waals surface area contributed by atoms with Gasteiger partial charge in [-0.15, -0.1) is 0 Å². The number of carbonyl (C=O) groups is 4. The van der Waals surface area contributed by atoms with Gasteiger partial charge in [0.05, 0.1) is 29.2 Å². The fraction of sp³-hybridized carbons (Fsp3) is 0.0556. The maximum Gasteiger partial charge on any atom is 0.338 e. The van der Waals surface area contributed by atoms with Gasteiger partial charge in [-0.05, 0) is 78.7 Å². The molecule has 6 rings (SSSR count). The van der Waals surface area contributed by atoms with E-state index in [0.717, 1.165) is 31.9 Å². The number of hydrogen-bond donors (Lipinski definition) is 1. The van der Waals surface area contributed by atoms with Gasteiger partial charge in [0.2, 0.25) is 0 Å². The maximum absolute atomic E-state index is 13.8. The zero-order valence-electron chi connectivity index (χ0n) is 24.1. The third-order valence-corrected chi connectivity index (χ3v) is 7.80. The number of aromatic nitrogens is 1. The number of nitrogens with one attached hydrogen (secondary N) is 1. The minimum absolute atomic E-state index is 0.191. The number of rotatable bonds is 7. The van der Waals surface area contributed by atoms with Crippen molar-refractivity contribution in [1.82, 2.24) is 9.88 Å². The van der Waals surface area contributed by atoms with Crippen LogP contribution in [-0.2, 0) is 14.3 Å². The van der Waals surface area contributed by atoms with Gasteiger partial charge in [-0.2, -0.15) is 0 Å². The highest BCUT2D eigenvalue weighted by Crippen LogP contribution is 2.38. The van der Waals surface area contributed by atoms with Crippen molar-refractivity contribution >= 4 is 51.5 Å². The molecule has 2 heterocycles. The van der Waals surface area contributed by atoms with Crippen LogP contribution in [0.15, 0.2) is 125 Å². The maximum atomic E-state index is 13.8. The summed E-state index contributed by atoms with van der Waals surface area (Å²) in [6, 6.07) is 34.1. The van der Waals surface area contributed by atoms with Crippen molar-refractivity contribution in [3.8, 4) is 28.2 Å². The zero-order chi connectivity index (χ0) is 31.5. The van der Waals surface area contributed by atoms with Crippen molar-refractivity contribution in [3.63, 3.8) is 0 Å². The molecule has 0 atom stereocenters. The Kier molecular flexibility index (Phi) is 8.26. The molecule has 1 N–H and O–H groups in total. The first-order valence-corrected chi connectivity index (χ1v) is 15.0. The number of anilines is 1. The first-order valence-electron chi connectivity index (χ1n) is 14.2. The summed E-state index contributed by atoms with van der Waals surface area (Å²) >= 11 is 3.37. The molecule has 4 amide bonds. The lowest BCUT2D eigenvalue weighted by molar-refractivity contribution is -0.122. The van der Waals surface area contributed by atoms with Crippen LogP contribution in [0, 0.1) is 0 Å². The average Bonchev–Trinajstić information content (AvgIpc) is 3.44. The molecule has 0 spiro atoms. The number of urea groups is 1. The van der Waals surface area contributed by atoms with E-state index < -0.39 is 23.8 Å². The second-order valence-corrected chi connectivity index (χ2v) is 11.0. The van der Waals surface area contributed by atoms with Crippen molar-refractivity contribution in [3.05, 3.63) is 136 Å². The molecule has 1 fully saturated rings. The van der Waals surface area contributed by atoms with Crippen LogP contribution in [0.1, 0.15) is 22.8 Å². The Morgan fingerprint density at radius 2 is 1.40 bits per heavy atom. The third kappa shape index (κ3) is 5.85. The number of ether oxygens (including phenoxy) is 1. The quantitative estimate of drug-likeness (QED) is 0.111. The minimum atomic E-state index is -0.822. The number of halogens is 1. The second-order valence-electron chi connectivity index (χ2n) is 10.1. The number of imide groups is 2. The number of hydrogen-bond acceptors (Lipinski definition) is 5. The van der Waals surface area contributed by atoms with Gasteiger partial charge in [-0.1, -0.05) is 76.6 Å². The number of esters is 1. The summed E-state index contributed by atoms with van der Waals surface area (Å²) in [5.41, 5.74) is 5.09. The standard InChI is InChI=1S/C36H26BrN3O5/c1-2-45-35(43)25-13-17-28(18-14-25)39-31(23-9-5-3-6-10-23)22-26(32(39)24-11-7-4-8-12-24)21-30-33(41)38-36(44)40(34(30)42)29-19-15-27(37)16-20-29/h3-22H,2H2,1H3,(H,38,41,44)/b30-21+. The number of benzene rings is 4. The Hall–Kier alpha value is -5.54. The minimum Gasteiger partial charge on any atom is -0.462 e. The van der Waals surface area contributed by atoms with Crippen LogP contribution in [0.4, 0.5) is 10.5 Å². The molecule has 9 heteroatoms. The van der Waals surface area contributed by atoms with Crippen LogP contribution in [0.5, 0.6) is 0 Å². The number of carbonyl (C=O) groups excluding carboxylic acids is 4. The van der Waals surface area contributed by atoms with Crippen LogP contribution in [0.2, 0.25) is 0 Å². The number of barbiturate groups is 1. The van der Waals surface area contributed by atoms with Crippen molar-refractivity contribution < 1.29 is 23.9 Å². The molecule has 5 aromatic rings.